The van der Waals surface area contributed by atoms with Crippen molar-refractivity contribution in [1.29, 1.82) is 0 Å². The fourth-order valence-corrected chi connectivity index (χ4v) is 4.86. The first kappa shape index (κ1) is 24.6. The highest BCUT2D eigenvalue weighted by molar-refractivity contribution is 6.09. The van der Waals surface area contributed by atoms with Crippen LogP contribution in [0.25, 0.3) is 22.6 Å². The Morgan fingerprint density at radius 2 is 1.74 bits per heavy atom. The summed E-state index contributed by atoms with van der Waals surface area (Å²) in [7, 11) is 4.82. The summed E-state index contributed by atoms with van der Waals surface area (Å²) in [5, 5.41) is 0.924. The van der Waals surface area contributed by atoms with E-state index in [4.69, 9.17) is 19.2 Å². The molecule has 35 heavy (non-hydrogen) atoms. The quantitative estimate of drug-likeness (QED) is 0.409. The summed E-state index contributed by atoms with van der Waals surface area (Å²) in [4.78, 5) is 20.8. The van der Waals surface area contributed by atoms with Crippen LogP contribution in [0.3, 0.4) is 0 Å². The molecule has 0 atom stereocenters. The van der Waals surface area contributed by atoms with Gasteiger partial charge in [0.1, 0.15) is 0 Å². The number of pyridine rings is 1. The van der Waals surface area contributed by atoms with Gasteiger partial charge in [0.15, 0.2) is 11.5 Å². The van der Waals surface area contributed by atoms with Gasteiger partial charge in [0.05, 0.1) is 38.1 Å². The van der Waals surface area contributed by atoms with Crippen LogP contribution in [0.1, 0.15) is 54.4 Å². The smallest absolute Gasteiger partial charge is 0.254 e. The van der Waals surface area contributed by atoms with Gasteiger partial charge in [0.2, 0.25) is 5.75 Å². The lowest BCUT2D eigenvalue weighted by Crippen LogP contribution is -2.34. The van der Waals surface area contributed by atoms with Gasteiger partial charge in [-0.1, -0.05) is 32.0 Å². The molecular weight excluding hydrogens is 440 g/mol. The Morgan fingerprint density at radius 1 is 1.06 bits per heavy atom. The minimum atomic E-state index is 0.0880. The maximum atomic E-state index is 13.8. The highest BCUT2D eigenvalue weighted by Gasteiger charge is 2.29. The average molecular weight is 475 g/mol. The predicted octanol–water partition coefficient (Wildman–Crippen LogP) is 5.87. The van der Waals surface area contributed by atoms with Crippen molar-refractivity contribution in [3.05, 3.63) is 58.8 Å². The molecule has 1 aromatic heterocycles. The van der Waals surface area contributed by atoms with Crippen molar-refractivity contribution in [2.45, 2.75) is 33.6 Å². The number of allylic oxidation sites excluding steroid dienone is 1. The second-order valence-electron chi connectivity index (χ2n) is 9.20. The Bertz CT molecular complexity index is 1250. The predicted molar refractivity (Wildman–Crippen MR) is 140 cm³/mol. The lowest BCUT2D eigenvalue weighted by Gasteiger charge is -2.25. The molecule has 0 saturated heterocycles. The topological polar surface area (TPSA) is 60.9 Å². The zero-order valence-corrected chi connectivity index (χ0v) is 21.5. The van der Waals surface area contributed by atoms with Crippen molar-refractivity contribution in [3.8, 4) is 17.2 Å². The van der Waals surface area contributed by atoms with Gasteiger partial charge in [-0.3, -0.25) is 4.79 Å². The Balaban J connectivity index is 1.86. The lowest BCUT2D eigenvalue weighted by molar-refractivity contribution is 0.0746. The summed E-state index contributed by atoms with van der Waals surface area (Å²) in [6.45, 7) is 7.73. The van der Waals surface area contributed by atoms with Gasteiger partial charge in [-0.25, -0.2) is 4.98 Å². The number of carbonyl (C=O) groups excluding carboxylic acids is 1. The molecule has 0 spiro atoms. The summed E-state index contributed by atoms with van der Waals surface area (Å²) < 4.78 is 16.5. The molecule has 0 saturated carbocycles. The van der Waals surface area contributed by atoms with Crippen molar-refractivity contribution in [3.63, 3.8) is 0 Å². The van der Waals surface area contributed by atoms with E-state index >= 15 is 0 Å². The average Bonchev–Trinajstić information content (AvgIpc) is 3.26. The van der Waals surface area contributed by atoms with E-state index in [1.165, 1.54) is 0 Å². The van der Waals surface area contributed by atoms with Crippen molar-refractivity contribution < 1.29 is 19.0 Å². The molecular formula is C29H34N2O4. The van der Waals surface area contributed by atoms with Crippen LogP contribution in [0.2, 0.25) is 0 Å². The number of benzene rings is 2. The van der Waals surface area contributed by atoms with Crippen LogP contribution in [-0.4, -0.2) is 50.2 Å². The van der Waals surface area contributed by atoms with Crippen LogP contribution in [-0.2, 0) is 6.42 Å². The molecule has 4 rings (SSSR count). The van der Waals surface area contributed by atoms with E-state index in [1.54, 1.807) is 21.3 Å². The maximum Gasteiger partial charge on any atom is 0.254 e. The van der Waals surface area contributed by atoms with Crippen molar-refractivity contribution in [2.75, 3.05) is 34.4 Å². The van der Waals surface area contributed by atoms with Crippen molar-refractivity contribution >= 4 is 28.5 Å². The second-order valence-corrected chi connectivity index (χ2v) is 9.20. The summed E-state index contributed by atoms with van der Waals surface area (Å²) in [5.74, 6) is 2.25. The Labute approximate surface area is 207 Å². The number of hydrogen-bond acceptors (Lipinski definition) is 5. The molecule has 1 heterocycles. The Hall–Kier alpha value is -3.54. The molecule has 0 radical (unpaired) electrons. The maximum absolute atomic E-state index is 13.8. The SMILES string of the molecule is CCN(CC(C)C)C(=O)c1c2c(nc3ccccc13)/C(=C\c1cc(OC)c(OC)c(OC)c1)CC2. The highest BCUT2D eigenvalue weighted by Crippen LogP contribution is 2.41. The van der Waals surface area contributed by atoms with Crippen LogP contribution in [0.15, 0.2) is 36.4 Å². The fourth-order valence-electron chi connectivity index (χ4n) is 4.86. The van der Waals surface area contributed by atoms with E-state index in [-0.39, 0.29) is 5.91 Å². The molecule has 2 aromatic carbocycles. The minimum absolute atomic E-state index is 0.0880. The molecule has 0 N–H and O–H groups in total. The fraction of sp³-hybridized carbons (Fsp3) is 0.379. The molecule has 0 aliphatic heterocycles. The first-order valence-electron chi connectivity index (χ1n) is 12.1. The highest BCUT2D eigenvalue weighted by atomic mass is 16.5. The molecule has 0 unspecified atom stereocenters. The van der Waals surface area contributed by atoms with E-state index in [0.717, 1.165) is 58.2 Å². The van der Waals surface area contributed by atoms with Gasteiger partial charge in [-0.15, -0.1) is 0 Å². The van der Waals surface area contributed by atoms with Gasteiger partial charge >= 0.3 is 0 Å². The number of nitrogens with zero attached hydrogens (tertiary/aromatic N) is 2. The number of para-hydroxylation sites is 1. The zero-order valence-electron chi connectivity index (χ0n) is 21.5. The normalized spacial score (nSPS) is 13.9. The molecule has 0 bridgehead atoms. The summed E-state index contributed by atoms with van der Waals surface area (Å²) in [5.41, 5.74) is 5.60. The summed E-state index contributed by atoms with van der Waals surface area (Å²) in [6, 6.07) is 11.8. The lowest BCUT2D eigenvalue weighted by atomic mass is 9.99. The third-order valence-corrected chi connectivity index (χ3v) is 6.44. The monoisotopic (exact) mass is 474 g/mol. The first-order valence-corrected chi connectivity index (χ1v) is 12.1. The second kappa shape index (κ2) is 10.4. The van der Waals surface area contributed by atoms with Gasteiger partial charge in [0.25, 0.3) is 5.91 Å². The Kier molecular flexibility index (Phi) is 7.29. The van der Waals surface area contributed by atoms with Crippen LogP contribution in [0.4, 0.5) is 0 Å². The largest absolute Gasteiger partial charge is 0.493 e. The van der Waals surface area contributed by atoms with Crippen LogP contribution < -0.4 is 14.2 Å². The van der Waals surface area contributed by atoms with Crippen molar-refractivity contribution in [2.24, 2.45) is 5.92 Å². The number of aromatic nitrogens is 1. The number of hydrogen-bond donors (Lipinski definition) is 0. The third-order valence-electron chi connectivity index (χ3n) is 6.44. The van der Waals surface area contributed by atoms with Gasteiger partial charge in [0, 0.05) is 18.5 Å². The minimum Gasteiger partial charge on any atom is -0.493 e. The molecule has 3 aromatic rings. The van der Waals surface area contributed by atoms with Crippen LogP contribution in [0.5, 0.6) is 17.2 Å². The van der Waals surface area contributed by atoms with Crippen molar-refractivity contribution in [1.82, 2.24) is 9.88 Å². The standard InChI is InChI=1S/C29H34N2O4/c1-7-31(17-18(2)3)29(32)26-21-10-8-9-11-23(21)30-27-20(12-13-22(26)27)14-19-15-24(33-4)28(35-6)25(16-19)34-5/h8-11,14-16,18H,7,12-13,17H2,1-6H3/b20-14-. The van der Waals surface area contributed by atoms with Crippen LogP contribution in [0, 0.1) is 5.92 Å². The molecule has 1 aliphatic carbocycles. The number of rotatable bonds is 8. The number of carbonyl (C=O) groups is 1. The summed E-state index contributed by atoms with van der Waals surface area (Å²) in [6.07, 6.45) is 3.70. The number of amides is 1. The Morgan fingerprint density at radius 3 is 2.34 bits per heavy atom. The molecule has 1 amide bonds. The zero-order chi connectivity index (χ0) is 25.1. The van der Waals surface area contributed by atoms with E-state index < -0.39 is 0 Å². The molecule has 6 heteroatoms. The van der Waals surface area contributed by atoms with E-state index in [1.807, 2.05) is 48.2 Å². The number of fused-ring (bicyclic) bond motifs is 2. The van der Waals surface area contributed by atoms with E-state index in [0.29, 0.717) is 29.7 Å². The number of ether oxygens (including phenoxy) is 3. The molecule has 6 nitrogen and oxygen atoms in total. The third kappa shape index (κ3) is 4.70. The summed E-state index contributed by atoms with van der Waals surface area (Å²) >= 11 is 0. The number of methoxy groups -OCH3 is 3. The molecule has 0 fully saturated rings. The van der Waals surface area contributed by atoms with Gasteiger partial charge in [-0.2, -0.15) is 0 Å². The van der Waals surface area contributed by atoms with E-state index in [9.17, 15) is 4.79 Å². The van der Waals surface area contributed by atoms with E-state index in [2.05, 4.69) is 19.9 Å². The van der Waals surface area contributed by atoms with Crippen LogP contribution >= 0.6 is 0 Å². The molecule has 184 valence electrons. The van der Waals surface area contributed by atoms with Gasteiger partial charge in [-0.05, 0) is 66.7 Å². The molecule has 1 aliphatic rings. The first-order chi connectivity index (χ1) is 16.9. The van der Waals surface area contributed by atoms with Gasteiger partial charge < -0.3 is 19.1 Å².